The number of hydrogen-bond donors (Lipinski definition) is 1. The van der Waals surface area contributed by atoms with Gasteiger partial charge in [-0.2, -0.15) is 0 Å². The summed E-state index contributed by atoms with van der Waals surface area (Å²) in [6.07, 6.45) is 2.32. The molecule has 2 rings (SSSR count). The first-order chi connectivity index (χ1) is 7.58. The fourth-order valence-corrected chi connectivity index (χ4v) is 2.22. The monoisotopic (exact) mass is 230 g/mol. The third-order valence-corrected chi connectivity index (χ3v) is 3.17. The van der Waals surface area contributed by atoms with E-state index in [0.29, 0.717) is 31.2 Å². The smallest absolute Gasteiger partial charge is 0.194 e. The van der Waals surface area contributed by atoms with Crippen molar-refractivity contribution in [1.29, 1.82) is 0 Å². The fraction of sp³-hybridized carbons (Fsp3) is 0.500. The van der Waals surface area contributed by atoms with Gasteiger partial charge in [0.05, 0.1) is 6.10 Å². The lowest BCUT2D eigenvalue weighted by Crippen LogP contribution is -2.17. The Labute approximate surface area is 91.9 Å². The highest BCUT2D eigenvalue weighted by Gasteiger charge is 2.23. The van der Waals surface area contributed by atoms with Crippen LogP contribution in [-0.2, 0) is 0 Å². The Balaban J connectivity index is 2.21. The van der Waals surface area contributed by atoms with Gasteiger partial charge in [-0.1, -0.05) is 0 Å². The number of aliphatic hydroxyl groups is 1. The average Bonchev–Trinajstić information content (AvgIpc) is 2.26. The standard InChI is InChI=1S/C12H13F3O/c13-10-5-8(6-11(14)12(10)15)7-1-3-9(16)4-2-7/h5-7,9,16H,1-4H2. The lowest BCUT2D eigenvalue weighted by atomic mass is 9.83. The molecule has 1 nitrogen and oxygen atoms in total. The summed E-state index contributed by atoms with van der Waals surface area (Å²) in [5, 5.41) is 9.32. The number of rotatable bonds is 1. The van der Waals surface area contributed by atoms with Gasteiger partial charge in [-0.15, -0.1) is 0 Å². The molecule has 0 saturated heterocycles. The molecular formula is C12H13F3O. The van der Waals surface area contributed by atoms with Gasteiger partial charge in [0.15, 0.2) is 17.5 Å². The SMILES string of the molecule is OC1CCC(c2cc(F)c(F)c(F)c2)CC1. The van der Waals surface area contributed by atoms with E-state index in [1.807, 2.05) is 0 Å². The van der Waals surface area contributed by atoms with E-state index >= 15 is 0 Å². The van der Waals surface area contributed by atoms with Gasteiger partial charge in [-0.3, -0.25) is 0 Å². The van der Waals surface area contributed by atoms with Crippen molar-refractivity contribution in [3.63, 3.8) is 0 Å². The molecule has 1 saturated carbocycles. The number of aliphatic hydroxyl groups excluding tert-OH is 1. The van der Waals surface area contributed by atoms with Crippen LogP contribution in [0.4, 0.5) is 13.2 Å². The molecule has 1 aromatic rings. The summed E-state index contributed by atoms with van der Waals surface area (Å²) < 4.78 is 38.8. The van der Waals surface area contributed by atoms with Crippen molar-refractivity contribution in [1.82, 2.24) is 0 Å². The van der Waals surface area contributed by atoms with Gasteiger partial charge in [0.2, 0.25) is 0 Å². The van der Waals surface area contributed by atoms with Crippen LogP contribution in [0.15, 0.2) is 12.1 Å². The Morgan fingerprint density at radius 1 is 0.938 bits per heavy atom. The summed E-state index contributed by atoms with van der Waals surface area (Å²) in [6, 6.07) is 2.11. The summed E-state index contributed by atoms with van der Waals surface area (Å²) in [5.41, 5.74) is 0.489. The summed E-state index contributed by atoms with van der Waals surface area (Å²) in [5.74, 6) is -3.67. The molecule has 1 aromatic carbocycles. The highest BCUT2D eigenvalue weighted by atomic mass is 19.2. The van der Waals surface area contributed by atoms with E-state index in [-0.39, 0.29) is 12.0 Å². The molecule has 16 heavy (non-hydrogen) atoms. The molecule has 0 bridgehead atoms. The minimum Gasteiger partial charge on any atom is -0.393 e. The van der Waals surface area contributed by atoms with Crippen LogP contribution in [0, 0.1) is 17.5 Å². The van der Waals surface area contributed by atoms with Crippen molar-refractivity contribution in [2.45, 2.75) is 37.7 Å². The predicted molar refractivity (Wildman–Crippen MR) is 53.5 cm³/mol. The Kier molecular flexibility index (Phi) is 3.19. The van der Waals surface area contributed by atoms with Crippen LogP contribution in [-0.4, -0.2) is 11.2 Å². The maximum absolute atomic E-state index is 13.0. The van der Waals surface area contributed by atoms with Crippen LogP contribution in [0.2, 0.25) is 0 Å². The van der Waals surface area contributed by atoms with E-state index in [9.17, 15) is 18.3 Å². The zero-order chi connectivity index (χ0) is 11.7. The molecular weight excluding hydrogens is 217 g/mol. The second-order valence-corrected chi connectivity index (χ2v) is 4.30. The minimum absolute atomic E-state index is 0.0213. The van der Waals surface area contributed by atoms with Gasteiger partial charge >= 0.3 is 0 Å². The summed E-state index contributed by atoms with van der Waals surface area (Å²) in [6.45, 7) is 0. The summed E-state index contributed by atoms with van der Waals surface area (Å²) >= 11 is 0. The highest BCUT2D eigenvalue weighted by Crippen LogP contribution is 2.33. The van der Waals surface area contributed by atoms with Crippen LogP contribution < -0.4 is 0 Å². The molecule has 0 aromatic heterocycles. The van der Waals surface area contributed by atoms with Gasteiger partial charge in [0, 0.05) is 0 Å². The second-order valence-electron chi connectivity index (χ2n) is 4.30. The number of benzene rings is 1. The van der Waals surface area contributed by atoms with Crippen LogP contribution in [0.5, 0.6) is 0 Å². The summed E-state index contributed by atoms with van der Waals surface area (Å²) in [7, 11) is 0. The first-order valence-corrected chi connectivity index (χ1v) is 5.40. The topological polar surface area (TPSA) is 20.2 Å². The van der Waals surface area contributed by atoms with E-state index in [1.54, 1.807) is 0 Å². The highest BCUT2D eigenvalue weighted by molar-refractivity contribution is 5.23. The fourth-order valence-electron chi connectivity index (χ4n) is 2.22. The average molecular weight is 230 g/mol. The maximum Gasteiger partial charge on any atom is 0.194 e. The molecule has 0 atom stereocenters. The van der Waals surface area contributed by atoms with Crippen molar-refractivity contribution in [2.75, 3.05) is 0 Å². The molecule has 0 aliphatic heterocycles. The first-order valence-electron chi connectivity index (χ1n) is 5.40. The molecule has 0 spiro atoms. The number of halogens is 3. The third-order valence-electron chi connectivity index (χ3n) is 3.17. The molecule has 1 N–H and O–H groups in total. The molecule has 88 valence electrons. The van der Waals surface area contributed by atoms with Crippen molar-refractivity contribution < 1.29 is 18.3 Å². The van der Waals surface area contributed by atoms with E-state index in [1.165, 1.54) is 0 Å². The maximum atomic E-state index is 13.0. The van der Waals surface area contributed by atoms with Crippen molar-refractivity contribution in [2.24, 2.45) is 0 Å². The van der Waals surface area contributed by atoms with E-state index in [2.05, 4.69) is 0 Å². The van der Waals surface area contributed by atoms with E-state index in [0.717, 1.165) is 12.1 Å². The van der Waals surface area contributed by atoms with Crippen molar-refractivity contribution in [3.05, 3.63) is 35.1 Å². The molecule has 0 unspecified atom stereocenters. The van der Waals surface area contributed by atoms with E-state index in [4.69, 9.17) is 0 Å². The lowest BCUT2D eigenvalue weighted by Gasteiger charge is -2.25. The zero-order valence-corrected chi connectivity index (χ0v) is 8.72. The first kappa shape index (κ1) is 11.5. The lowest BCUT2D eigenvalue weighted by molar-refractivity contribution is 0.122. The van der Waals surface area contributed by atoms with Crippen LogP contribution in [0.25, 0.3) is 0 Å². The molecule has 0 radical (unpaired) electrons. The van der Waals surface area contributed by atoms with Crippen LogP contribution >= 0.6 is 0 Å². The van der Waals surface area contributed by atoms with Gasteiger partial charge in [0.25, 0.3) is 0 Å². The molecule has 4 heteroatoms. The third kappa shape index (κ3) is 2.21. The van der Waals surface area contributed by atoms with Gasteiger partial charge < -0.3 is 5.11 Å². The van der Waals surface area contributed by atoms with Gasteiger partial charge in [-0.05, 0) is 49.3 Å². The molecule has 1 fully saturated rings. The van der Waals surface area contributed by atoms with Crippen molar-refractivity contribution >= 4 is 0 Å². The normalized spacial score (nSPS) is 25.8. The minimum atomic E-state index is -1.42. The Morgan fingerprint density at radius 3 is 1.94 bits per heavy atom. The Bertz CT molecular complexity index is 361. The van der Waals surface area contributed by atoms with Gasteiger partial charge in [0.1, 0.15) is 0 Å². The molecule has 0 heterocycles. The summed E-state index contributed by atoms with van der Waals surface area (Å²) in [4.78, 5) is 0. The molecule has 1 aliphatic carbocycles. The van der Waals surface area contributed by atoms with E-state index < -0.39 is 17.5 Å². The Hall–Kier alpha value is -1.03. The quantitative estimate of drug-likeness (QED) is 0.735. The molecule has 0 amide bonds. The zero-order valence-electron chi connectivity index (χ0n) is 8.72. The Morgan fingerprint density at radius 2 is 1.44 bits per heavy atom. The van der Waals surface area contributed by atoms with Crippen molar-refractivity contribution in [3.8, 4) is 0 Å². The largest absolute Gasteiger partial charge is 0.393 e. The predicted octanol–water partition coefficient (Wildman–Crippen LogP) is 3.12. The number of hydrogen-bond acceptors (Lipinski definition) is 1. The van der Waals surface area contributed by atoms with Gasteiger partial charge in [-0.25, -0.2) is 13.2 Å². The molecule has 1 aliphatic rings. The van der Waals surface area contributed by atoms with Crippen LogP contribution in [0.1, 0.15) is 37.2 Å². The second kappa shape index (κ2) is 4.45. The van der Waals surface area contributed by atoms with Crippen LogP contribution in [0.3, 0.4) is 0 Å².